The molecule has 5 atom stereocenters. The third-order valence-electron chi connectivity index (χ3n) is 2.60. The Hall–Kier alpha value is -1.08. The van der Waals surface area contributed by atoms with Crippen LogP contribution in [-0.4, -0.2) is 76.5 Å². The van der Waals surface area contributed by atoms with E-state index in [1.807, 2.05) is 0 Å². The molecule has 11 heteroatoms. The average Bonchev–Trinajstić information content (AvgIpc) is 2.74. The first-order chi connectivity index (χ1) is 8.81. The Morgan fingerprint density at radius 2 is 1.74 bits per heavy atom. The summed E-state index contributed by atoms with van der Waals surface area (Å²) in [6, 6.07) is 0. The number of nitrogens with two attached hydrogens (primary N) is 1. The maximum absolute atomic E-state index is 9.76. The van der Waals surface area contributed by atoms with Gasteiger partial charge < -0.3 is 36.5 Å². The lowest BCUT2D eigenvalue weighted by atomic mass is 9.99. The van der Waals surface area contributed by atoms with Gasteiger partial charge in [-0.05, 0) is 12.2 Å². The SMILES string of the molecule is Nn1c([C@H](O)[C@H](O)[C@@H](O)[C@H](O)[C@H](O)CO)n[nH]c1=S. The van der Waals surface area contributed by atoms with Gasteiger partial charge in [0.1, 0.15) is 30.5 Å². The molecule has 0 aliphatic rings. The smallest absolute Gasteiger partial charge is 0.214 e. The van der Waals surface area contributed by atoms with Crippen LogP contribution in [0, 0.1) is 4.77 Å². The number of hydrogen-bond acceptors (Lipinski definition) is 9. The van der Waals surface area contributed by atoms with Crippen LogP contribution in [-0.2, 0) is 0 Å². The van der Waals surface area contributed by atoms with E-state index in [1.54, 1.807) is 0 Å². The molecular weight excluding hydrogens is 280 g/mol. The van der Waals surface area contributed by atoms with Crippen molar-refractivity contribution < 1.29 is 30.6 Å². The Morgan fingerprint density at radius 3 is 2.16 bits per heavy atom. The van der Waals surface area contributed by atoms with Crippen LogP contribution in [0.1, 0.15) is 11.9 Å². The number of aromatic amines is 1. The first-order valence-electron chi connectivity index (χ1n) is 5.24. The highest BCUT2D eigenvalue weighted by molar-refractivity contribution is 7.71. The molecule has 0 spiro atoms. The summed E-state index contributed by atoms with van der Waals surface area (Å²) < 4.78 is 0.761. The summed E-state index contributed by atoms with van der Waals surface area (Å²) >= 11 is 4.70. The molecule has 0 aliphatic carbocycles. The second-order valence-corrected chi connectivity index (χ2v) is 4.31. The largest absolute Gasteiger partial charge is 0.394 e. The van der Waals surface area contributed by atoms with E-state index in [2.05, 4.69) is 10.2 Å². The number of aromatic nitrogens is 3. The minimum absolute atomic E-state index is 0.0216. The third-order valence-corrected chi connectivity index (χ3v) is 2.89. The monoisotopic (exact) mass is 296 g/mol. The van der Waals surface area contributed by atoms with Crippen LogP contribution in [0.15, 0.2) is 0 Å². The molecule has 0 bridgehead atoms. The number of nitrogens with one attached hydrogen (secondary N) is 1. The molecule has 1 rings (SSSR count). The second kappa shape index (κ2) is 6.38. The minimum atomic E-state index is -1.93. The number of aliphatic hydroxyl groups excluding tert-OH is 6. The molecule has 1 heterocycles. The Kier molecular flexibility index (Phi) is 5.37. The molecular formula is C8H16N4O6S. The van der Waals surface area contributed by atoms with Gasteiger partial charge in [0, 0.05) is 0 Å². The van der Waals surface area contributed by atoms with Crippen LogP contribution in [0.25, 0.3) is 0 Å². The summed E-state index contributed by atoms with van der Waals surface area (Å²) in [7, 11) is 0. The van der Waals surface area contributed by atoms with Crippen LogP contribution in [0.4, 0.5) is 0 Å². The highest BCUT2D eigenvalue weighted by atomic mass is 32.1. The van der Waals surface area contributed by atoms with E-state index in [0.29, 0.717) is 0 Å². The maximum atomic E-state index is 9.76. The van der Waals surface area contributed by atoms with Gasteiger partial charge in [0.15, 0.2) is 5.82 Å². The zero-order chi connectivity index (χ0) is 14.7. The fraction of sp³-hybridized carbons (Fsp3) is 0.750. The third kappa shape index (κ3) is 3.27. The van der Waals surface area contributed by atoms with Gasteiger partial charge in [-0.25, -0.2) is 4.68 Å². The van der Waals surface area contributed by atoms with Gasteiger partial charge in [-0.2, -0.15) is 5.10 Å². The topological polar surface area (TPSA) is 181 Å². The Bertz CT molecular complexity index is 464. The summed E-state index contributed by atoms with van der Waals surface area (Å²) in [6.07, 6.45) is -9.11. The zero-order valence-electron chi connectivity index (χ0n) is 9.66. The maximum Gasteiger partial charge on any atom is 0.214 e. The quantitative estimate of drug-likeness (QED) is 0.192. The molecule has 1 aromatic rings. The van der Waals surface area contributed by atoms with Gasteiger partial charge in [-0.1, -0.05) is 0 Å². The average molecular weight is 296 g/mol. The second-order valence-electron chi connectivity index (χ2n) is 3.92. The Labute approximate surface area is 112 Å². The van der Waals surface area contributed by atoms with Crippen molar-refractivity contribution in [3.05, 3.63) is 10.6 Å². The summed E-state index contributed by atoms with van der Waals surface area (Å²) in [5.41, 5.74) is 0. The number of nitrogens with zero attached hydrogens (tertiary/aromatic N) is 2. The van der Waals surface area contributed by atoms with Gasteiger partial charge in [0.2, 0.25) is 4.77 Å². The molecule has 10 nitrogen and oxygen atoms in total. The van der Waals surface area contributed by atoms with E-state index >= 15 is 0 Å². The van der Waals surface area contributed by atoms with E-state index in [1.165, 1.54) is 0 Å². The summed E-state index contributed by atoms with van der Waals surface area (Å²) in [6.45, 7) is -0.823. The first kappa shape index (κ1) is 16.0. The number of aliphatic hydroxyl groups is 6. The van der Waals surface area contributed by atoms with Crippen LogP contribution in [0.3, 0.4) is 0 Å². The molecule has 0 aliphatic heterocycles. The van der Waals surface area contributed by atoms with Crippen molar-refractivity contribution in [3.63, 3.8) is 0 Å². The molecule has 0 saturated carbocycles. The van der Waals surface area contributed by atoms with Crippen molar-refractivity contribution in [1.82, 2.24) is 14.9 Å². The lowest BCUT2D eigenvalue weighted by Gasteiger charge is -2.27. The van der Waals surface area contributed by atoms with Crippen molar-refractivity contribution in [2.75, 3.05) is 12.4 Å². The molecule has 0 aromatic carbocycles. The van der Waals surface area contributed by atoms with Gasteiger partial charge in [-0.15, -0.1) is 0 Å². The van der Waals surface area contributed by atoms with Gasteiger partial charge in [0.25, 0.3) is 0 Å². The summed E-state index contributed by atoms with van der Waals surface area (Å²) in [5.74, 6) is 5.16. The summed E-state index contributed by atoms with van der Waals surface area (Å²) in [5, 5.41) is 62.0. The normalized spacial score (nSPS) is 19.7. The van der Waals surface area contributed by atoms with E-state index in [4.69, 9.17) is 28.3 Å². The lowest BCUT2D eigenvalue weighted by Crippen LogP contribution is -2.48. The van der Waals surface area contributed by atoms with Gasteiger partial charge >= 0.3 is 0 Å². The van der Waals surface area contributed by atoms with E-state index in [-0.39, 0.29) is 10.6 Å². The van der Waals surface area contributed by atoms with E-state index in [0.717, 1.165) is 4.68 Å². The Balaban J connectivity index is 2.85. The van der Waals surface area contributed by atoms with Crippen LogP contribution in [0.5, 0.6) is 0 Å². The summed E-state index contributed by atoms with van der Waals surface area (Å²) in [4.78, 5) is 0. The first-order valence-corrected chi connectivity index (χ1v) is 5.65. The number of nitrogen functional groups attached to an aromatic ring is 1. The standard InChI is InChI=1S/C8H16N4O6S/c9-12-7(10-11-8(12)19)6(18)5(17)4(16)3(15)2(14)1-13/h2-6,13-18H,1,9H2,(H,11,19)/t2-,3-,4+,5-,6-/m1/s1. The number of H-pyrrole nitrogens is 1. The van der Waals surface area contributed by atoms with Gasteiger partial charge in [-0.3, -0.25) is 5.10 Å². The van der Waals surface area contributed by atoms with Crippen molar-refractivity contribution >= 4 is 12.2 Å². The molecule has 9 N–H and O–H groups in total. The Morgan fingerprint density at radius 1 is 1.16 bits per heavy atom. The highest BCUT2D eigenvalue weighted by Gasteiger charge is 2.36. The molecule has 0 fully saturated rings. The molecule has 0 radical (unpaired) electrons. The van der Waals surface area contributed by atoms with Crippen LogP contribution >= 0.6 is 12.2 Å². The molecule has 1 aromatic heterocycles. The predicted octanol–water partition coefficient (Wildman–Crippen LogP) is -3.88. The molecule has 19 heavy (non-hydrogen) atoms. The van der Waals surface area contributed by atoms with Crippen molar-refractivity contribution in [3.8, 4) is 0 Å². The zero-order valence-corrected chi connectivity index (χ0v) is 10.5. The highest BCUT2D eigenvalue weighted by Crippen LogP contribution is 2.18. The van der Waals surface area contributed by atoms with Crippen LogP contribution in [0.2, 0.25) is 0 Å². The molecule has 0 saturated heterocycles. The fourth-order valence-corrected chi connectivity index (χ4v) is 1.54. The van der Waals surface area contributed by atoms with Crippen molar-refractivity contribution in [1.29, 1.82) is 0 Å². The number of hydrogen-bond donors (Lipinski definition) is 8. The molecule has 0 unspecified atom stereocenters. The molecule has 110 valence electrons. The lowest BCUT2D eigenvalue weighted by molar-refractivity contribution is -0.142. The van der Waals surface area contributed by atoms with Crippen molar-refractivity contribution in [2.45, 2.75) is 30.5 Å². The van der Waals surface area contributed by atoms with E-state index in [9.17, 15) is 20.4 Å². The molecule has 0 amide bonds. The van der Waals surface area contributed by atoms with Crippen molar-refractivity contribution in [2.24, 2.45) is 0 Å². The van der Waals surface area contributed by atoms with Gasteiger partial charge in [0.05, 0.1) is 6.61 Å². The predicted molar refractivity (Wildman–Crippen MR) is 63.6 cm³/mol. The minimum Gasteiger partial charge on any atom is -0.394 e. The van der Waals surface area contributed by atoms with Crippen LogP contribution < -0.4 is 5.84 Å². The van der Waals surface area contributed by atoms with E-state index < -0.39 is 37.1 Å². The number of rotatable bonds is 6. The fourth-order valence-electron chi connectivity index (χ4n) is 1.40.